The van der Waals surface area contributed by atoms with E-state index < -0.39 is 11.8 Å². The lowest BCUT2D eigenvalue weighted by Crippen LogP contribution is -2.46. The zero-order valence-electron chi connectivity index (χ0n) is 16.6. The van der Waals surface area contributed by atoms with Gasteiger partial charge >= 0.3 is 11.8 Å². The van der Waals surface area contributed by atoms with E-state index >= 15 is 0 Å². The van der Waals surface area contributed by atoms with Crippen molar-refractivity contribution < 1.29 is 9.59 Å². The molecule has 1 aliphatic rings. The number of amides is 2. The maximum atomic E-state index is 13.0. The standard InChI is InChI=1S/C21H27N5O2/c1-4-15-9-17(11-24-19(15)22)25-20(27)21(28)26-12-13(2)5-8-18(26)16-7-6-14(3)23-10-16/h6-7,9-11,13,18H,4-5,8,12H2,1-3H3,(H2,22,24)(H,25,27)/t13-,18+/m1/s1. The Labute approximate surface area is 165 Å². The number of nitrogen functional groups attached to an aromatic ring is 1. The van der Waals surface area contributed by atoms with Gasteiger partial charge in [-0.2, -0.15) is 0 Å². The number of pyridine rings is 2. The highest BCUT2D eigenvalue weighted by Crippen LogP contribution is 2.33. The van der Waals surface area contributed by atoms with Crippen molar-refractivity contribution in [2.75, 3.05) is 17.6 Å². The fourth-order valence-electron chi connectivity index (χ4n) is 3.59. The van der Waals surface area contributed by atoms with Crippen molar-refractivity contribution >= 4 is 23.3 Å². The first-order valence-corrected chi connectivity index (χ1v) is 9.68. The van der Waals surface area contributed by atoms with Crippen LogP contribution in [0.4, 0.5) is 11.5 Å². The second kappa shape index (κ2) is 8.37. The zero-order chi connectivity index (χ0) is 20.3. The highest BCUT2D eigenvalue weighted by atomic mass is 16.2. The van der Waals surface area contributed by atoms with E-state index in [1.165, 1.54) is 6.20 Å². The summed E-state index contributed by atoms with van der Waals surface area (Å²) in [6.07, 6.45) is 5.79. The largest absolute Gasteiger partial charge is 0.383 e. The topological polar surface area (TPSA) is 101 Å². The van der Waals surface area contributed by atoms with Crippen LogP contribution in [-0.4, -0.2) is 33.2 Å². The van der Waals surface area contributed by atoms with Gasteiger partial charge in [-0.15, -0.1) is 0 Å². The van der Waals surface area contributed by atoms with Crippen molar-refractivity contribution in [3.8, 4) is 0 Å². The van der Waals surface area contributed by atoms with E-state index in [2.05, 4.69) is 22.2 Å². The van der Waals surface area contributed by atoms with Crippen LogP contribution >= 0.6 is 0 Å². The van der Waals surface area contributed by atoms with E-state index in [4.69, 9.17) is 5.73 Å². The summed E-state index contributed by atoms with van der Waals surface area (Å²) in [5.41, 5.74) is 9.00. The van der Waals surface area contributed by atoms with Crippen molar-refractivity contribution in [3.63, 3.8) is 0 Å². The molecule has 2 aromatic rings. The summed E-state index contributed by atoms with van der Waals surface area (Å²) in [7, 11) is 0. The van der Waals surface area contributed by atoms with E-state index in [1.54, 1.807) is 17.2 Å². The minimum absolute atomic E-state index is 0.140. The first-order chi connectivity index (χ1) is 13.4. The summed E-state index contributed by atoms with van der Waals surface area (Å²) < 4.78 is 0. The Balaban J connectivity index is 1.79. The highest BCUT2D eigenvalue weighted by Gasteiger charge is 2.34. The smallest absolute Gasteiger partial charge is 0.313 e. The minimum Gasteiger partial charge on any atom is -0.383 e. The van der Waals surface area contributed by atoms with Crippen LogP contribution in [0.1, 0.15) is 49.6 Å². The van der Waals surface area contributed by atoms with Crippen LogP contribution in [0.25, 0.3) is 0 Å². The van der Waals surface area contributed by atoms with E-state index in [0.717, 1.165) is 29.7 Å². The molecule has 2 aromatic heterocycles. The Kier molecular flexibility index (Phi) is 5.92. The molecule has 0 radical (unpaired) electrons. The number of aromatic nitrogens is 2. The molecule has 3 N–H and O–H groups in total. The number of nitrogens with zero attached hydrogens (tertiary/aromatic N) is 3. The molecule has 0 spiro atoms. The van der Waals surface area contributed by atoms with Crippen LogP contribution in [0.5, 0.6) is 0 Å². The molecule has 1 fully saturated rings. The first kappa shape index (κ1) is 19.8. The molecule has 2 atom stereocenters. The Morgan fingerprint density at radius 3 is 2.71 bits per heavy atom. The molecule has 1 aliphatic heterocycles. The third-order valence-corrected chi connectivity index (χ3v) is 5.23. The molecule has 0 unspecified atom stereocenters. The van der Waals surface area contributed by atoms with Gasteiger partial charge in [0.1, 0.15) is 5.82 Å². The Bertz CT molecular complexity index is 866. The Morgan fingerprint density at radius 1 is 1.25 bits per heavy atom. The van der Waals surface area contributed by atoms with Gasteiger partial charge in [-0.3, -0.25) is 14.6 Å². The number of likely N-dealkylation sites (tertiary alicyclic amines) is 1. The summed E-state index contributed by atoms with van der Waals surface area (Å²) in [6.45, 7) is 6.53. The number of carbonyl (C=O) groups excluding carboxylic acids is 2. The second-order valence-corrected chi connectivity index (χ2v) is 7.46. The summed E-state index contributed by atoms with van der Waals surface area (Å²) in [4.78, 5) is 35.7. The van der Waals surface area contributed by atoms with Gasteiger partial charge < -0.3 is 16.0 Å². The number of hydrogen-bond donors (Lipinski definition) is 2. The molecule has 2 amide bonds. The maximum absolute atomic E-state index is 13.0. The highest BCUT2D eigenvalue weighted by molar-refractivity contribution is 6.39. The molecule has 0 aliphatic carbocycles. The number of nitrogens with two attached hydrogens (primary N) is 1. The molecule has 3 heterocycles. The van der Waals surface area contributed by atoms with Crippen molar-refractivity contribution in [1.29, 1.82) is 0 Å². The molecule has 7 nitrogen and oxygen atoms in total. The number of carbonyl (C=O) groups is 2. The fourth-order valence-corrected chi connectivity index (χ4v) is 3.59. The van der Waals surface area contributed by atoms with E-state index in [1.807, 2.05) is 26.0 Å². The van der Waals surface area contributed by atoms with Crippen LogP contribution in [0.15, 0.2) is 30.6 Å². The second-order valence-electron chi connectivity index (χ2n) is 7.46. The number of hydrogen-bond acceptors (Lipinski definition) is 5. The van der Waals surface area contributed by atoms with Gasteiger partial charge in [0.2, 0.25) is 0 Å². The molecule has 148 valence electrons. The lowest BCUT2D eigenvalue weighted by atomic mass is 9.90. The van der Waals surface area contributed by atoms with E-state index in [-0.39, 0.29) is 6.04 Å². The summed E-state index contributed by atoms with van der Waals surface area (Å²) in [6, 6.07) is 5.53. The van der Waals surface area contributed by atoms with Crippen LogP contribution in [0.3, 0.4) is 0 Å². The van der Waals surface area contributed by atoms with Crippen molar-refractivity contribution in [1.82, 2.24) is 14.9 Å². The van der Waals surface area contributed by atoms with Gasteiger partial charge in [0.25, 0.3) is 0 Å². The van der Waals surface area contributed by atoms with Gasteiger partial charge in [0.15, 0.2) is 0 Å². The monoisotopic (exact) mass is 381 g/mol. The molecule has 0 saturated carbocycles. The predicted molar refractivity (Wildman–Crippen MR) is 108 cm³/mol. The Morgan fingerprint density at radius 2 is 2.04 bits per heavy atom. The number of aryl methyl sites for hydroxylation is 2. The Hall–Kier alpha value is -2.96. The maximum Gasteiger partial charge on any atom is 0.313 e. The summed E-state index contributed by atoms with van der Waals surface area (Å²) in [5, 5.41) is 2.67. The predicted octanol–water partition coefficient (Wildman–Crippen LogP) is 2.87. The van der Waals surface area contributed by atoms with E-state index in [0.29, 0.717) is 30.4 Å². The van der Waals surface area contributed by atoms with Gasteiger partial charge in [-0.25, -0.2) is 4.98 Å². The number of piperidine rings is 1. The average Bonchev–Trinajstić information content (AvgIpc) is 2.69. The molecule has 7 heteroatoms. The van der Waals surface area contributed by atoms with Crippen molar-refractivity contribution in [2.24, 2.45) is 5.92 Å². The molecule has 3 rings (SSSR count). The lowest BCUT2D eigenvalue weighted by molar-refractivity contribution is -0.146. The quantitative estimate of drug-likeness (QED) is 0.796. The molecule has 28 heavy (non-hydrogen) atoms. The summed E-state index contributed by atoms with van der Waals surface area (Å²) >= 11 is 0. The number of nitrogens with one attached hydrogen (secondary N) is 1. The minimum atomic E-state index is -0.659. The fraction of sp³-hybridized carbons (Fsp3) is 0.429. The van der Waals surface area contributed by atoms with Gasteiger partial charge in [0, 0.05) is 18.4 Å². The lowest BCUT2D eigenvalue weighted by Gasteiger charge is -2.38. The SMILES string of the molecule is CCc1cc(NC(=O)C(=O)N2C[C@H](C)CC[C@H]2c2ccc(C)nc2)cnc1N. The van der Waals surface area contributed by atoms with Crippen LogP contribution < -0.4 is 11.1 Å². The third-order valence-electron chi connectivity index (χ3n) is 5.23. The zero-order valence-corrected chi connectivity index (χ0v) is 16.6. The third kappa shape index (κ3) is 4.30. The van der Waals surface area contributed by atoms with Crippen LogP contribution in [-0.2, 0) is 16.0 Å². The van der Waals surface area contributed by atoms with Crippen molar-refractivity contribution in [3.05, 3.63) is 47.4 Å². The molecule has 1 saturated heterocycles. The van der Waals surface area contributed by atoms with Gasteiger partial charge in [0.05, 0.1) is 17.9 Å². The van der Waals surface area contributed by atoms with Crippen LogP contribution in [0, 0.1) is 12.8 Å². The molecule has 0 bridgehead atoms. The average molecular weight is 381 g/mol. The normalized spacial score (nSPS) is 19.3. The molecule has 0 aromatic carbocycles. The number of anilines is 2. The van der Waals surface area contributed by atoms with Crippen LogP contribution in [0.2, 0.25) is 0 Å². The first-order valence-electron chi connectivity index (χ1n) is 9.68. The van der Waals surface area contributed by atoms with Gasteiger partial charge in [-0.05, 0) is 55.4 Å². The molecular weight excluding hydrogens is 354 g/mol. The van der Waals surface area contributed by atoms with Crippen molar-refractivity contribution in [2.45, 2.75) is 46.1 Å². The summed E-state index contributed by atoms with van der Waals surface area (Å²) in [5.74, 6) is -0.417. The van der Waals surface area contributed by atoms with Gasteiger partial charge in [-0.1, -0.05) is 19.9 Å². The number of rotatable bonds is 3. The molecular formula is C21H27N5O2. The van der Waals surface area contributed by atoms with E-state index in [9.17, 15) is 9.59 Å².